The molecule has 0 unspecified atom stereocenters. The second-order valence-electron chi connectivity index (χ2n) is 5.59. The lowest BCUT2D eigenvalue weighted by Gasteiger charge is -2.12. The Morgan fingerprint density at radius 1 is 1.10 bits per heavy atom. The summed E-state index contributed by atoms with van der Waals surface area (Å²) in [6.07, 6.45) is 3.08. The molecule has 1 N–H and O–H groups in total. The number of amides is 1. The predicted octanol–water partition coefficient (Wildman–Crippen LogP) is 4.44. The molecule has 1 aromatic heterocycles. The SMILES string of the molecule is CSc1ncc(Cl)c(C(=O)OCC(=O)Nc2ccccc2Oc2ccccc2)n1. The number of carbonyl (C=O) groups is 2. The topological polar surface area (TPSA) is 90.4 Å². The number of thioether (sulfide) groups is 1. The lowest BCUT2D eigenvalue weighted by Crippen LogP contribution is -2.22. The Bertz CT molecular complexity index is 1020. The summed E-state index contributed by atoms with van der Waals surface area (Å²) in [5.74, 6) is -0.250. The number of hydrogen-bond donors (Lipinski definition) is 1. The summed E-state index contributed by atoms with van der Waals surface area (Å²) in [6, 6.07) is 16.1. The van der Waals surface area contributed by atoms with Gasteiger partial charge in [-0.1, -0.05) is 53.7 Å². The number of para-hydroxylation sites is 3. The minimum absolute atomic E-state index is 0.0508. The van der Waals surface area contributed by atoms with E-state index in [1.165, 1.54) is 18.0 Å². The highest BCUT2D eigenvalue weighted by Crippen LogP contribution is 2.29. The standard InChI is InChI=1S/C20H16ClN3O4S/c1-29-20-22-11-14(21)18(24-20)19(26)27-12-17(25)23-15-9-5-6-10-16(15)28-13-7-3-2-4-8-13/h2-11H,12H2,1H3,(H,23,25). The van der Waals surface area contributed by atoms with Crippen LogP contribution in [0.1, 0.15) is 10.5 Å². The summed E-state index contributed by atoms with van der Waals surface area (Å²) < 4.78 is 10.8. The number of carbonyl (C=O) groups excluding carboxylic acids is 2. The number of aromatic nitrogens is 2. The molecule has 3 rings (SSSR count). The lowest BCUT2D eigenvalue weighted by atomic mass is 10.3. The van der Waals surface area contributed by atoms with Gasteiger partial charge in [-0.25, -0.2) is 14.8 Å². The quantitative estimate of drug-likeness (QED) is 0.337. The molecule has 0 aliphatic rings. The fourth-order valence-electron chi connectivity index (χ4n) is 2.25. The largest absolute Gasteiger partial charge is 0.455 e. The van der Waals surface area contributed by atoms with Gasteiger partial charge in [0.05, 0.1) is 16.9 Å². The fourth-order valence-corrected chi connectivity index (χ4v) is 2.76. The van der Waals surface area contributed by atoms with Gasteiger partial charge in [-0.2, -0.15) is 0 Å². The molecule has 3 aromatic rings. The Hall–Kier alpha value is -3.10. The summed E-state index contributed by atoms with van der Waals surface area (Å²) >= 11 is 7.19. The Morgan fingerprint density at radius 2 is 1.83 bits per heavy atom. The zero-order valence-corrected chi connectivity index (χ0v) is 16.9. The van der Waals surface area contributed by atoms with Gasteiger partial charge in [0.1, 0.15) is 5.75 Å². The van der Waals surface area contributed by atoms with Gasteiger partial charge in [-0.05, 0) is 30.5 Å². The van der Waals surface area contributed by atoms with Crippen LogP contribution in [0.15, 0.2) is 66.0 Å². The zero-order valence-electron chi connectivity index (χ0n) is 15.3. The fraction of sp³-hybridized carbons (Fsp3) is 0.100. The van der Waals surface area contributed by atoms with Crippen LogP contribution in [0, 0.1) is 0 Å². The molecule has 0 saturated carbocycles. The first-order chi connectivity index (χ1) is 14.1. The van der Waals surface area contributed by atoms with Crippen LogP contribution in [-0.4, -0.2) is 34.7 Å². The van der Waals surface area contributed by atoms with Gasteiger partial charge in [0, 0.05) is 0 Å². The first-order valence-corrected chi connectivity index (χ1v) is 10.0. The van der Waals surface area contributed by atoms with E-state index in [1.807, 2.05) is 18.2 Å². The van der Waals surface area contributed by atoms with Crippen LogP contribution in [0.5, 0.6) is 11.5 Å². The molecule has 0 bridgehead atoms. The number of anilines is 1. The number of nitrogens with one attached hydrogen (secondary N) is 1. The van der Waals surface area contributed by atoms with Crippen LogP contribution < -0.4 is 10.1 Å². The highest BCUT2D eigenvalue weighted by atomic mass is 35.5. The first-order valence-electron chi connectivity index (χ1n) is 8.42. The third kappa shape index (κ3) is 5.69. The third-order valence-corrected chi connectivity index (χ3v) is 4.40. The van der Waals surface area contributed by atoms with Crippen molar-refractivity contribution >= 4 is 40.9 Å². The van der Waals surface area contributed by atoms with Gasteiger partial charge in [0.25, 0.3) is 5.91 Å². The molecule has 0 aliphatic carbocycles. The predicted molar refractivity (Wildman–Crippen MR) is 111 cm³/mol. The lowest BCUT2D eigenvalue weighted by molar-refractivity contribution is -0.119. The van der Waals surface area contributed by atoms with E-state index in [9.17, 15) is 9.59 Å². The van der Waals surface area contributed by atoms with Crippen LogP contribution in [0.4, 0.5) is 5.69 Å². The van der Waals surface area contributed by atoms with E-state index in [4.69, 9.17) is 21.1 Å². The maximum Gasteiger partial charge on any atom is 0.359 e. The normalized spacial score (nSPS) is 10.3. The monoisotopic (exact) mass is 429 g/mol. The Labute approximate surface area is 176 Å². The molecule has 2 aromatic carbocycles. The summed E-state index contributed by atoms with van der Waals surface area (Å²) in [4.78, 5) is 32.4. The number of rotatable bonds is 7. The molecule has 1 heterocycles. The van der Waals surface area contributed by atoms with Crippen molar-refractivity contribution in [3.8, 4) is 11.5 Å². The molecule has 0 fully saturated rings. The Kier molecular flexibility index (Phi) is 7.04. The Balaban J connectivity index is 1.62. The first kappa shape index (κ1) is 20.6. The maximum absolute atomic E-state index is 12.2. The number of esters is 1. The molecule has 1 amide bonds. The van der Waals surface area contributed by atoms with E-state index in [0.29, 0.717) is 22.3 Å². The number of benzene rings is 2. The van der Waals surface area contributed by atoms with Gasteiger partial charge < -0.3 is 14.8 Å². The number of halogens is 1. The molecule has 0 aliphatic heterocycles. The van der Waals surface area contributed by atoms with Gasteiger partial charge in [-0.3, -0.25) is 4.79 Å². The molecule has 148 valence electrons. The molecular weight excluding hydrogens is 414 g/mol. The Morgan fingerprint density at radius 3 is 2.59 bits per heavy atom. The van der Waals surface area contributed by atoms with Crippen LogP contribution >= 0.6 is 23.4 Å². The summed E-state index contributed by atoms with van der Waals surface area (Å²) in [5.41, 5.74) is 0.355. The molecular formula is C20H16ClN3O4S. The minimum Gasteiger partial charge on any atom is -0.455 e. The zero-order chi connectivity index (χ0) is 20.6. The highest BCUT2D eigenvalue weighted by molar-refractivity contribution is 7.98. The van der Waals surface area contributed by atoms with E-state index >= 15 is 0 Å². The summed E-state index contributed by atoms with van der Waals surface area (Å²) in [5, 5.41) is 3.09. The van der Waals surface area contributed by atoms with Crippen molar-refractivity contribution < 1.29 is 19.1 Å². The summed E-state index contributed by atoms with van der Waals surface area (Å²) in [7, 11) is 0. The molecule has 29 heavy (non-hydrogen) atoms. The molecule has 0 radical (unpaired) electrons. The molecule has 0 atom stereocenters. The van der Waals surface area contributed by atoms with Gasteiger partial charge in [0.15, 0.2) is 23.2 Å². The van der Waals surface area contributed by atoms with Crippen molar-refractivity contribution in [3.05, 3.63) is 71.5 Å². The van der Waals surface area contributed by atoms with Crippen molar-refractivity contribution in [1.82, 2.24) is 9.97 Å². The highest BCUT2D eigenvalue weighted by Gasteiger charge is 2.17. The average Bonchev–Trinajstić information content (AvgIpc) is 2.74. The van der Waals surface area contributed by atoms with Crippen LogP contribution in [-0.2, 0) is 9.53 Å². The van der Waals surface area contributed by atoms with Crippen LogP contribution in [0.2, 0.25) is 5.02 Å². The number of nitrogens with zero attached hydrogens (tertiary/aromatic N) is 2. The van der Waals surface area contributed by atoms with Crippen molar-refractivity contribution in [2.75, 3.05) is 18.2 Å². The van der Waals surface area contributed by atoms with Crippen molar-refractivity contribution in [1.29, 1.82) is 0 Å². The molecule has 0 saturated heterocycles. The van der Waals surface area contributed by atoms with Crippen LogP contribution in [0.3, 0.4) is 0 Å². The summed E-state index contributed by atoms with van der Waals surface area (Å²) in [6.45, 7) is -0.507. The van der Waals surface area contributed by atoms with Crippen molar-refractivity contribution in [2.45, 2.75) is 5.16 Å². The third-order valence-electron chi connectivity index (χ3n) is 3.56. The second-order valence-corrected chi connectivity index (χ2v) is 6.77. The van der Waals surface area contributed by atoms with Gasteiger partial charge in [0.2, 0.25) is 0 Å². The van der Waals surface area contributed by atoms with E-state index in [2.05, 4.69) is 15.3 Å². The van der Waals surface area contributed by atoms with Crippen LogP contribution in [0.25, 0.3) is 0 Å². The van der Waals surface area contributed by atoms with Crippen molar-refractivity contribution in [3.63, 3.8) is 0 Å². The van der Waals surface area contributed by atoms with E-state index in [0.717, 1.165) is 0 Å². The van der Waals surface area contributed by atoms with E-state index in [1.54, 1.807) is 42.7 Å². The minimum atomic E-state index is -0.809. The molecule has 9 heteroatoms. The van der Waals surface area contributed by atoms with E-state index < -0.39 is 18.5 Å². The number of hydrogen-bond acceptors (Lipinski definition) is 7. The van der Waals surface area contributed by atoms with Crippen molar-refractivity contribution in [2.24, 2.45) is 0 Å². The second kappa shape index (κ2) is 9.90. The van der Waals surface area contributed by atoms with Gasteiger partial charge in [-0.15, -0.1) is 0 Å². The number of ether oxygens (including phenoxy) is 2. The maximum atomic E-state index is 12.2. The smallest absolute Gasteiger partial charge is 0.359 e. The average molecular weight is 430 g/mol. The van der Waals surface area contributed by atoms with E-state index in [-0.39, 0.29) is 10.7 Å². The van der Waals surface area contributed by atoms with Gasteiger partial charge >= 0.3 is 5.97 Å². The molecule has 0 spiro atoms. The molecule has 7 nitrogen and oxygen atoms in total.